The summed E-state index contributed by atoms with van der Waals surface area (Å²) < 4.78 is 18.4. The van der Waals surface area contributed by atoms with E-state index in [0.29, 0.717) is 25.0 Å². The molecule has 1 fully saturated rings. The van der Waals surface area contributed by atoms with Crippen LogP contribution in [0.5, 0.6) is 0 Å². The number of aromatic carboxylic acids is 1. The number of carboxylic acids is 1. The highest BCUT2D eigenvalue weighted by Crippen LogP contribution is 2.31. The minimum Gasteiger partial charge on any atom is -0.476 e. The first-order valence-electron chi connectivity index (χ1n) is 6.83. The summed E-state index contributed by atoms with van der Waals surface area (Å²) >= 11 is 0. The van der Waals surface area contributed by atoms with E-state index in [4.69, 9.17) is 9.52 Å². The maximum absolute atomic E-state index is 13.2. The summed E-state index contributed by atoms with van der Waals surface area (Å²) in [7, 11) is 0. The molecule has 110 valence electrons. The summed E-state index contributed by atoms with van der Waals surface area (Å²) in [4.78, 5) is 16.8. The van der Waals surface area contributed by atoms with E-state index < -0.39 is 5.97 Å². The largest absolute Gasteiger partial charge is 0.476 e. The molecule has 0 unspecified atom stereocenters. The average Bonchev–Trinajstić information content (AvgIpc) is 3.15. The third kappa shape index (κ3) is 3.21. The molecule has 1 heterocycles. The lowest BCUT2D eigenvalue weighted by Crippen LogP contribution is -2.28. The maximum Gasteiger partial charge on any atom is 0.357 e. The van der Waals surface area contributed by atoms with E-state index in [-0.39, 0.29) is 11.5 Å². The van der Waals surface area contributed by atoms with Gasteiger partial charge in [-0.3, -0.25) is 0 Å². The van der Waals surface area contributed by atoms with Gasteiger partial charge in [-0.15, -0.1) is 0 Å². The van der Waals surface area contributed by atoms with Crippen LogP contribution in [-0.4, -0.2) is 28.6 Å². The first kappa shape index (κ1) is 13.6. The Hall–Kier alpha value is -2.37. The quantitative estimate of drug-likeness (QED) is 0.886. The molecule has 0 saturated heterocycles. The maximum atomic E-state index is 13.2. The molecule has 6 heteroatoms. The van der Waals surface area contributed by atoms with Gasteiger partial charge in [0.1, 0.15) is 12.1 Å². The standard InChI is InChI=1S/C15H15FN2O3/c16-11-3-1-2-10(8-11)6-7-18(12-4-5-12)15-17-13(9-21-15)14(19)20/h1-3,8-9,12H,4-7H2,(H,19,20). The zero-order valence-electron chi connectivity index (χ0n) is 11.3. The van der Waals surface area contributed by atoms with Crippen LogP contribution in [0.25, 0.3) is 0 Å². The first-order chi connectivity index (χ1) is 10.1. The van der Waals surface area contributed by atoms with Crippen molar-refractivity contribution in [3.63, 3.8) is 0 Å². The molecule has 1 aliphatic rings. The van der Waals surface area contributed by atoms with Gasteiger partial charge in [0.25, 0.3) is 6.01 Å². The second-order valence-corrected chi connectivity index (χ2v) is 5.12. The summed E-state index contributed by atoms with van der Waals surface area (Å²) in [6.07, 6.45) is 3.87. The Morgan fingerprint density at radius 1 is 1.48 bits per heavy atom. The molecule has 21 heavy (non-hydrogen) atoms. The molecule has 0 aliphatic heterocycles. The zero-order valence-corrected chi connectivity index (χ0v) is 11.3. The van der Waals surface area contributed by atoms with E-state index in [1.54, 1.807) is 6.07 Å². The summed E-state index contributed by atoms with van der Waals surface area (Å²) in [5.41, 5.74) is 0.798. The van der Waals surface area contributed by atoms with Gasteiger partial charge in [-0.25, -0.2) is 9.18 Å². The average molecular weight is 290 g/mol. The second-order valence-electron chi connectivity index (χ2n) is 5.12. The van der Waals surface area contributed by atoms with Crippen molar-refractivity contribution in [2.45, 2.75) is 25.3 Å². The predicted octanol–water partition coefficient (Wildman–Crippen LogP) is 2.72. The van der Waals surface area contributed by atoms with Gasteiger partial charge in [-0.2, -0.15) is 4.98 Å². The summed E-state index contributed by atoms with van der Waals surface area (Å²) in [5, 5.41) is 8.89. The fourth-order valence-electron chi connectivity index (χ4n) is 2.26. The zero-order chi connectivity index (χ0) is 14.8. The number of halogens is 1. The molecule has 2 aromatic rings. The van der Waals surface area contributed by atoms with Gasteiger partial charge in [-0.1, -0.05) is 12.1 Å². The Morgan fingerprint density at radius 2 is 2.29 bits per heavy atom. The monoisotopic (exact) mass is 290 g/mol. The van der Waals surface area contributed by atoms with E-state index in [9.17, 15) is 9.18 Å². The van der Waals surface area contributed by atoms with Gasteiger partial charge in [0.05, 0.1) is 0 Å². The van der Waals surface area contributed by atoms with Crippen molar-refractivity contribution in [2.75, 3.05) is 11.4 Å². The topological polar surface area (TPSA) is 66.6 Å². The van der Waals surface area contributed by atoms with Crippen LogP contribution in [0.15, 0.2) is 34.9 Å². The number of hydrogen-bond acceptors (Lipinski definition) is 4. The number of carbonyl (C=O) groups is 1. The first-order valence-corrected chi connectivity index (χ1v) is 6.83. The highest BCUT2D eigenvalue weighted by atomic mass is 19.1. The van der Waals surface area contributed by atoms with Gasteiger partial charge in [0, 0.05) is 12.6 Å². The number of benzene rings is 1. The highest BCUT2D eigenvalue weighted by Gasteiger charge is 2.32. The smallest absolute Gasteiger partial charge is 0.357 e. The van der Waals surface area contributed by atoms with Crippen molar-refractivity contribution in [1.29, 1.82) is 0 Å². The summed E-state index contributed by atoms with van der Waals surface area (Å²) in [5.74, 6) is -1.36. The van der Waals surface area contributed by atoms with E-state index in [1.807, 2.05) is 11.0 Å². The van der Waals surface area contributed by atoms with Gasteiger partial charge in [0.2, 0.25) is 0 Å². The van der Waals surface area contributed by atoms with Gasteiger partial charge < -0.3 is 14.4 Å². The van der Waals surface area contributed by atoms with Crippen LogP contribution in [0, 0.1) is 5.82 Å². The molecule has 0 radical (unpaired) electrons. The molecule has 5 nitrogen and oxygen atoms in total. The number of oxazole rings is 1. The van der Waals surface area contributed by atoms with Crippen molar-refractivity contribution < 1.29 is 18.7 Å². The van der Waals surface area contributed by atoms with E-state index in [2.05, 4.69) is 4.98 Å². The molecule has 0 spiro atoms. The molecule has 1 saturated carbocycles. The molecule has 1 N–H and O–H groups in total. The number of hydrogen-bond donors (Lipinski definition) is 1. The minimum atomic E-state index is -1.11. The molecule has 1 aromatic carbocycles. The molecule has 0 bridgehead atoms. The van der Waals surface area contributed by atoms with Crippen molar-refractivity contribution in [3.8, 4) is 0 Å². The predicted molar refractivity (Wildman–Crippen MR) is 73.9 cm³/mol. The summed E-state index contributed by atoms with van der Waals surface area (Å²) in [6, 6.07) is 7.12. The Morgan fingerprint density at radius 3 is 2.90 bits per heavy atom. The second kappa shape index (κ2) is 5.55. The molecular weight excluding hydrogens is 275 g/mol. The number of anilines is 1. The van der Waals surface area contributed by atoms with Crippen LogP contribution in [0.2, 0.25) is 0 Å². The SMILES string of the molecule is O=C(O)c1coc(N(CCc2cccc(F)c2)C2CC2)n1. The fraction of sp³-hybridized carbons (Fsp3) is 0.333. The van der Waals surface area contributed by atoms with Gasteiger partial charge >= 0.3 is 5.97 Å². The Kier molecular flexibility index (Phi) is 3.60. The molecule has 3 rings (SSSR count). The minimum absolute atomic E-state index is 0.0959. The molecule has 1 aliphatic carbocycles. The normalized spacial score (nSPS) is 14.1. The van der Waals surface area contributed by atoms with Crippen molar-refractivity contribution in [3.05, 3.63) is 47.6 Å². The Balaban J connectivity index is 1.71. The van der Waals surface area contributed by atoms with Gasteiger partial charge in [0.15, 0.2) is 5.69 Å². The molecular formula is C15H15FN2O3. The van der Waals surface area contributed by atoms with Crippen LogP contribution in [-0.2, 0) is 6.42 Å². The van der Waals surface area contributed by atoms with Crippen molar-refractivity contribution >= 4 is 12.0 Å². The van der Waals surface area contributed by atoms with E-state index in [0.717, 1.165) is 24.7 Å². The number of carboxylic acid groups (broad SMARTS) is 1. The third-order valence-corrected chi connectivity index (χ3v) is 3.47. The summed E-state index contributed by atoms with van der Waals surface area (Å²) in [6.45, 7) is 0.619. The molecule has 0 atom stereocenters. The number of nitrogens with zero attached hydrogens (tertiary/aromatic N) is 2. The van der Waals surface area contributed by atoms with Crippen LogP contribution in [0.3, 0.4) is 0 Å². The Bertz CT molecular complexity index is 652. The van der Waals surface area contributed by atoms with Crippen molar-refractivity contribution in [2.24, 2.45) is 0 Å². The van der Waals surface area contributed by atoms with Crippen LogP contribution < -0.4 is 4.90 Å². The van der Waals surface area contributed by atoms with Crippen LogP contribution >= 0.6 is 0 Å². The van der Waals surface area contributed by atoms with Crippen LogP contribution in [0.1, 0.15) is 28.9 Å². The lowest BCUT2D eigenvalue weighted by Gasteiger charge is -2.19. The van der Waals surface area contributed by atoms with E-state index >= 15 is 0 Å². The van der Waals surface area contributed by atoms with Crippen LogP contribution in [0.4, 0.5) is 10.4 Å². The fourth-order valence-corrected chi connectivity index (χ4v) is 2.26. The third-order valence-electron chi connectivity index (χ3n) is 3.47. The molecule has 0 amide bonds. The highest BCUT2D eigenvalue weighted by molar-refractivity contribution is 5.85. The Labute approximate surface area is 121 Å². The number of rotatable bonds is 6. The van der Waals surface area contributed by atoms with Gasteiger partial charge in [-0.05, 0) is 37.0 Å². The lowest BCUT2D eigenvalue weighted by molar-refractivity contribution is 0.0690. The van der Waals surface area contributed by atoms with E-state index in [1.165, 1.54) is 12.1 Å². The molecule has 1 aromatic heterocycles. The lowest BCUT2D eigenvalue weighted by atomic mass is 10.1. The number of aromatic nitrogens is 1. The van der Waals surface area contributed by atoms with Crippen molar-refractivity contribution in [1.82, 2.24) is 4.98 Å².